The number of benzene rings is 1. The molecule has 2 aromatic rings. The number of halogens is 1. The highest BCUT2D eigenvalue weighted by molar-refractivity contribution is 7.99. The molecule has 0 spiro atoms. The van der Waals surface area contributed by atoms with Crippen LogP contribution in [0.15, 0.2) is 57.7 Å². The molecule has 0 atom stereocenters. The van der Waals surface area contributed by atoms with Crippen LogP contribution in [0.4, 0.5) is 0 Å². The van der Waals surface area contributed by atoms with Crippen molar-refractivity contribution >= 4 is 29.2 Å². The maximum Gasteiger partial charge on any atom is 0.171 e. The van der Waals surface area contributed by atoms with Crippen LogP contribution < -0.4 is 5.73 Å². The molecule has 0 fully saturated rings. The predicted molar refractivity (Wildman–Crippen MR) is 72.3 cm³/mol. The molecule has 2 rings (SSSR count). The number of pyridine rings is 1. The minimum atomic E-state index is 0.000427. The highest BCUT2D eigenvalue weighted by atomic mass is 35.5. The van der Waals surface area contributed by atoms with E-state index in [0.29, 0.717) is 10.6 Å². The molecule has 4 nitrogen and oxygen atoms in total. The van der Waals surface area contributed by atoms with Gasteiger partial charge in [0.15, 0.2) is 5.84 Å². The lowest BCUT2D eigenvalue weighted by Crippen LogP contribution is -2.13. The Morgan fingerprint density at radius 2 is 1.94 bits per heavy atom. The van der Waals surface area contributed by atoms with Gasteiger partial charge in [0.05, 0.1) is 5.02 Å². The van der Waals surface area contributed by atoms with Crippen LogP contribution in [0, 0.1) is 0 Å². The largest absolute Gasteiger partial charge is 0.409 e. The normalized spacial score (nSPS) is 11.5. The summed E-state index contributed by atoms with van der Waals surface area (Å²) < 4.78 is 0. The first kappa shape index (κ1) is 12.7. The summed E-state index contributed by atoms with van der Waals surface area (Å²) in [6.45, 7) is 0. The van der Waals surface area contributed by atoms with Gasteiger partial charge in [-0.1, -0.05) is 28.5 Å². The molecule has 92 valence electrons. The van der Waals surface area contributed by atoms with Crippen LogP contribution in [0.2, 0.25) is 5.02 Å². The van der Waals surface area contributed by atoms with Crippen molar-refractivity contribution in [2.45, 2.75) is 9.79 Å². The molecule has 0 aliphatic rings. The first-order chi connectivity index (χ1) is 8.70. The van der Waals surface area contributed by atoms with Gasteiger partial charge in [-0.15, -0.1) is 0 Å². The SMILES string of the molecule is NC(=NO)c1ccc(Sc2ccncc2)cc1Cl. The molecule has 1 aromatic heterocycles. The van der Waals surface area contributed by atoms with Crippen molar-refractivity contribution in [2.75, 3.05) is 0 Å². The zero-order valence-electron chi connectivity index (χ0n) is 9.25. The summed E-state index contributed by atoms with van der Waals surface area (Å²) in [5.74, 6) is 0.000427. The maximum atomic E-state index is 8.61. The first-order valence-electron chi connectivity index (χ1n) is 5.06. The maximum absolute atomic E-state index is 8.61. The third-order valence-corrected chi connectivity index (χ3v) is 3.52. The van der Waals surface area contributed by atoms with Gasteiger partial charge in [-0.25, -0.2) is 0 Å². The zero-order valence-corrected chi connectivity index (χ0v) is 10.8. The molecule has 18 heavy (non-hydrogen) atoms. The van der Waals surface area contributed by atoms with Gasteiger partial charge in [-0.2, -0.15) is 0 Å². The van der Waals surface area contributed by atoms with E-state index < -0.39 is 0 Å². The Kier molecular flexibility index (Phi) is 4.07. The van der Waals surface area contributed by atoms with E-state index in [1.807, 2.05) is 18.2 Å². The molecule has 0 unspecified atom stereocenters. The van der Waals surface area contributed by atoms with E-state index in [0.717, 1.165) is 9.79 Å². The standard InChI is InChI=1S/C12H10ClN3OS/c13-11-7-9(1-2-10(11)12(14)16-17)18-8-3-5-15-6-4-8/h1-7,17H,(H2,14,16). The van der Waals surface area contributed by atoms with Crippen molar-refractivity contribution in [3.05, 3.63) is 53.3 Å². The zero-order chi connectivity index (χ0) is 13.0. The lowest BCUT2D eigenvalue weighted by molar-refractivity contribution is 0.318. The van der Waals surface area contributed by atoms with Crippen molar-refractivity contribution in [1.29, 1.82) is 0 Å². The van der Waals surface area contributed by atoms with E-state index in [1.54, 1.807) is 36.3 Å². The van der Waals surface area contributed by atoms with Crippen molar-refractivity contribution in [2.24, 2.45) is 10.9 Å². The second-order valence-corrected chi connectivity index (χ2v) is 4.97. The summed E-state index contributed by atoms with van der Waals surface area (Å²) in [7, 11) is 0. The number of aromatic nitrogens is 1. The Morgan fingerprint density at radius 1 is 1.22 bits per heavy atom. The van der Waals surface area contributed by atoms with Gasteiger partial charge in [-0.05, 0) is 30.3 Å². The van der Waals surface area contributed by atoms with E-state index in [4.69, 9.17) is 22.5 Å². The fourth-order valence-electron chi connectivity index (χ4n) is 1.36. The summed E-state index contributed by atoms with van der Waals surface area (Å²) in [6.07, 6.45) is 3.46. The van der Waals surface area contributed by atoms with E-state index in [2.05, 4.69) is 10.1 Å². The van der Waals surface area contributed by atoms with Gasteiger partial charge in [0, 0.05) is 27.7 Å². The van der Waals surface area contributed by atoms with Crippen molar-refractivity contribution < 1.29 is 5.21 Å². The highest BCUT2D eigenvalue weighted by Gasteiger charge is 2.07. The van der Waals surface area contributed by atoms with Gasteiger partial charge in [0.25, 0.3) is 0 Å². The summed E-state index contributed by atoms with van der Waals surface area (Å²) in [5.41, 5.74) is 6.01. The van der Waals surface area contributed by atoms with E-state index >= 15 is 0 Å². The number of hydrogen-bond donors (Lipinski definition) is 2. The average Bonchev–Trinajstić information content (AvgIpc) is 2.39. The first-order valence-corrected chi connectivity index (χ1v) is 6.25. The van der Waals surface area contributed by atoms with Gasteiger partial charge in [0.1, 0.15) is 0 Å². The number of nitrogens with zero attached hydrogens (tertiary/aromatic N) is 2. The van der Waals surface area contributed by atoms with Gasteiger partial charge < -0.3 is 10.9 Å². The quantitative estimate of drug-likeness (QED) is 0.392. The summed E-state index contributed by atoms with van der Waals surface area (Å²) >= 11 is 7.63. The van der Waals surface area contributed by atoms with Crippen LogP contribution in [0.3, 0.4) is 0 Å². The minimum Gasteiger partial charge on any atom is -0.409 e. The minimum absolute atomic E-state index is 0.000427. The molecule has 1 aromatic carbocycles. The Labute approximate surface area is 113 Å². The van der Waals surface area contributed by atoms with E-state index in [9.17, 15) is 0 Å². The molecule has 0 aliphatic heterocycles. The van der Waals surface area contributed by atoms with Gasteiger partial charge in [-0.3, -0.25) is 4.98 Å². The molecule has 0 bridgehead atoms. The predicted octanol–water partition coefficient (Wildman–Crippen LogP) is 2.98. The number of amidine groups is 1. The second kappa shape index (κ2) is 5.75. The smallest absolute Gasteiger partial charge is 0.171 e. The fraction of sp³-hybridized carbons (Fsp3) is 0. The van der Waals surface area contributed by atoms with Gasteiger partial charge >= 0.3 is 0 Å². The molecule has 0 saturated carbocycles. The van der Waals surface area contributed by atoms with Crippen LogP contribution in [-0.2, 0) is 0 Å². The third kappa shape index (κ3) is 2.94. The average molecular weight is 280 g/mol. The summed E-state index contributed by atoms with van der Waals surface area (Å²) in [5, 5.41) is 12.0. The van der Waals surface area contributed by atoms with Crippen LogP contribution in [-0.4, -0.2) is 16.0 Å². The monoisotopic (exact) mass is 279 g/mol. The van der Waals surface area contributed by atoms with Crippen molar-refractivity contribution in [3.63, 3.8) is 0 Å². The molecular formula is C12H10ClN3OS. The Morgan fingerprint density at radius 3 is 2.56 bits per heavy atom. The topological polar surface area (TPSA) is 71.5 Å². The van der Waals surface area contributed by atoms with Crippen LogP contribution in [0.5, 0.6) is 0 Å². The summed E-state index contributed by atoms with van der Waals surface area (Å²) in [6, 6.07) is 9.19. The van der Waals surface area contributed by atoms with E-state index in [-0.39, 0.29) is 5.84 Å². The molecule has 0 radical (unpaired) electrons. The number of hydrogen-bond acceptors (Lipinski definition) is 4. The van der Waals surface area contributed by atoms with Crippen LogP contribution >= 0.6 is 23.4 Å². The number of oxime groups is 1. The molecule has 3 N–H and O–H groups in total. The Bertz CT molecular complexity index is 575. The van der Waals surface area contributed by atoms with Crippen LogP contribution in [0.25, 0.3) is 0 Å². The lowest BCUT2D eigenvalue weighted by atomic mass is 10.2. The Balaban J connectivity index is 2.25. The van der Waals surface area contributed by atoms with Crippen LogP contribution in [0.1, 0.15) is 5.56 Å². The molecule has 0 amide bonds. The molecular weight excluding hydrogens is 270 g/mol. The fourth-order valence-corrected chi connectivity index (χ4v) is 2.55. The van der Waals surface area contributed by atoms with Crippen molar-refractivity contribution in [3.8, 4) is 0 Å². The van der Waals surface area contributed by atoms with Gasteiger partial charge in [0.2, 0.25) is 0 Å². The third-order valence-electron chi connectivity index (χ3n) is 2.21. The number of nitrogens with two attached hydrogens (primary N) is 1. The number of rotatable bonds is 3. The molecule has 1 heterocycles. The second-order valence-electron chi connectivity index (χ2n) is 3.41. The lowest BCUT2D eigenvalue weighted by Gasteiger charge is -2.05. The van der Waals surface area contributed by atoms with E-state index in [1.165, 1.54) is 0 Å². The molecule has 6 heteroatoms. The highest BCUT2D eigenvalue weighted by Crippen LogP contribution is 2.30. The van der Waals surface area contributed by atoms with Crippen molar-refractivity contribution in [1.82, 2.24) is 4.98 Å². The summed E-state index contributed by atoms with van der Waals surface area (Å²) in [4.78, 5) is 5.99. The Hall–Kier alpha value is -1.72. The molecule has 0 aliphatic carbocycles. The molecule has 0 saturated heterocycles.